The molecule has 1 aliphatic rings. The van der Waals surface area contributed by atoms with Gasteiger partial charge in [0, 0.05) is 18.9 Å². The highest BCUT2D eigenvalue weighted by molar-refractivity contribution is 4.82. The van der Waals surface area contributed by atoms with E-state index in [-0.39, 0.29) is 12.8 Å². The molecule has 13 heavy (non-hydrogen) atoms. The quantitative estimate of drug-likeness (QED) is 0.529. The molecule has 0 unspecified atom stereocenters. The van der Waals surface area contributed by atoms with Crippen LogP contribution in [0.5, 0.6) is 0 Å². The number of hydrogen-bond donors (Lipinski definition) is 1. The molecule has 1 N–H and O–H groups in total. The van der Waals surface area contributed by atoms with Crippen LogP contribution in [0, 0.1) is 0 Å². The lowest BCUT2D eigenvalue weighted by atomic mass is 9.92. The third-order valence-electron chi connectivity index (χ3n) is 2.50. The molecule has 0 amide bonds. The second-order valence-corrected chi connectivity index (χ2v) is 3.66. The van der Waals surface area contributed by atoms with Gasteiger partial charge in [-0.1, -0.05) is 6.08 Å². The summed E-state index contributed by atoms with van der Waals surface area (Å²) >= 11 is 0. The Kier molecular flexibility index (Phi) is 3.85. The fourth-order valence-corrected chi connectivity index (χ4v) is 1.63. The van der Waals surface area contributed by atoms with Gasteiger partial charge in [-0.15, -0.1) is 6.58 Å². The van der Waals surface area contributed by atoms with Crippen molar-refractivity contribution < 1.29 is 8.78 Å². The summed E-state index contributed by atoms with van der Waals surface area (Å²) in [7, 11) is 0. The molecule has 0 radical (unpaired) electrons. The SMILES string of the molecule is C=CCCNC1CCC(F)(F)CC1. The minimum Gasteiger partial charge on any atom is -0.314 e. The fraction of sp³-hybridized carbons (Fsp3) is 0.800. The molecule has 1 fully saturated rings. The molecule has 0 aromatic rings. The first kappa shape index (κ1) is 10.6. The molecule has 0 saturated heterocycles. The van der Waals surface area contributed by atoms with E-state index in [2.05, 4.69) is 11.9 Å². The second-order valence-electron chi connectivity index (χ2n) is 3.66. The largest absolute Gasteiger partial charge is 0.314 e. The molecule has 1 nitrogen and oxygen atoms in total. The Morgan fingerprint density at radius 2 is 2.00 bits per heavy atom. The van der Waals surface area contributed by atoms with Crippen molar-refractivity contribution in [1.82, 2.24) is 5.32 Å². The smallest absolute Gasteiger partial charge is 0.248 e. The molecule has 0 atom stereocenters. The van der Waals surface area contributed by atoms with Crippen LogP contribution in [0.2, 0.25) is 0 Å². The molecule has 0 bridgehead atoms. The lowest BCUT2D eigenvalue weighted by Gasteiger charge is -2.28. The second kappa shape index (κ2) is 4.70. The maximum Gasteiger partial charge on any atom is 0.248 e. The van der Waals surface area contributed by atoms with E-state index in [1.54, 1.807) is 0 Å². The first-order chi connectivity index (χ1) is 6.14. The molecular formula is C10H17F2N. The average molecular weight is 189 g/mol. The summed E-state index contributed by atoms with van der Waals surface area (Å²) in [5.74, 6) is -2.41. The molecule has 0 aliphatic heterocycles. The lowest BCUT2D eigenvalue weighted by Crippen LogP contribution is -2.37. The zero-order chi connectivity index (χ0) is 9.73. The third kappa shape index (κ3) is 3.85. The molecular weight excluding hydrogens is 172 g/mol. The summed E-state index contributed by atoms with van der Waals surface area (Å²) in [5.41, 5.74) is 0. The van der Waals surface area contributed by atoms with E-state index < -0.39 is 5.92 Å². The van der Waals surface area contributed by atoms with Gasteiger partial charge >= 0.3 is 0 Å². The van der Waals surface area contributed by atoms with Gasteiger partial charge in [-0.3, -0.25) is 0 Å². The molecule has 3 heteroatoms. The Bertz CT molecular complexity index is 158. The third-order valence-corrected chi connectivity index (χ3v) is 2.50. The standard InChI is InChI=1S/C10H17F2N/c1-2-3-8-13-9-4-6-10(11,12)7-5-9/h2,9,13H,1,3-8H2. The molecule has 1 saturated carbocycles. The van der Waals surface area contributed by atoms with Crippen molar-refractivity contribution in [2.24, 2.45) is 0 Å². The Hall–Kier alpha value is -0.440. The van der Waals surface area contributed by atoms with E-state index in [1.807, 2.05) is 6.08 Å². The van der Waals surface area contributed by atoms with Crippen LogP contribution in [0.15, 0.2) is 12.7 Å². The average Bonchev–Trinajstić information content (AvgIpc) is 2.08. The van der Waals surface area contributed by atoms with Gasteiger partial charge in [-0.2, -0.15) is 0 Å². The molecule has 0 heterocycles. The number of hydrogen-bond acceptors (Lipinski definition) is 1. The summed E-state index contributed by atoms with van der Waals surface area (Å²) in [5, 5.41) is 3.26. The first-order valence-electron chi connectivity index (χ1n) is 4.86. The van der Waals surface area contributed by atoms with Gasteiger partial charge < -0.3 is 5.32 Å². The van der Waals surface area contributed by atoms with E-state index in [0.29, 0.717) is 18.9 Å². The van der Waals surface area contributed by atoms with Crippen LogP contribution in [0.3, 0.4) is 0 Å². The number of alkyl halides is 2. The number of halogens is 2. The molecule has 0 spiro atoms. The van der Waals surface area contributed by atoms with Gasteiger partial charge in [0.05, 0.1) is 0 Å². The van der Waals surface area contributed by atoms with Gasteiger partial charge in [0.25, 0.3) is 0 Å². The summed E-state index contributed by atoms with van der Waals surface area (Å²) in [6.45, 7) is 4.47. The number of rotatable bonds is 4. The monoisotopic (exact) mass is 189 g/mol. The number of nitrogens with one attached hydrogen (secondary N) is 1. The molecule has 1 aliphatic carbocycles. The maximum atomic E-state index is 12.7. The normalized spacial score (nSPS) is 22.9. The van der Waals surface area contributed by atoms with Crippen LogP contribution in [0.1, 0.15) is 32.1 Å². The molecule has 1 rings (SSSR count). The van der Waals surface area contributed by atoms with Crippen LogP contribution >= 0.6 is 0 Å². The predicted octanol–water partition coefficient (Wildman–Crippen LogP) is 2.73. The highest BCUT2D eigenvalue weighted by atomic mass is 19.3. The Labute approximate surface area is 78.2 Å². The summed E-state index contributed by atoms with van der Waals surface area (Å²) in [6.07, 6.45) is 4.03. The Morgan fingerprint density at radius 3 is 2.54 bits per heavy atom. The minimum absolute atomic E-state index is 0.0404. The Morgan fingerprint density at radius 1 is 1.38 bits per heavy atom. The van der Waals surface area contributed by atoms with E-state index >= 15 is 0 Å². The van der Waals surface area contributed by atoms with Gasteiger partial charge in [0.2, 0.25) is 5.92 Å². The molecule has 0 aromatic carbocycles. The lowest BCUT2D eigenvalue weighted by molar-refractivity contribution is -0.0403. The van der Waals surface area contributed by atoms with Crippen molar-refractivity contribution >= 4 is 0 Å². The highest BCUT2D eigenvalue weighted by Gasteiger charge is 2.34. The van der Waals surface area contributed by atoms with E-state index in [1.165, 1.54) is 0 Å². The highest BCUT2D eigenvalue weighted by Crippen LogP contribution is 2.32. The predicted molar refractivity (Wildman–Crippen MR) is 50.0 cm³/mol. The van der Waals surface area contributed by atoms with E-state index in [9.17, 15) is 8.78 Å². The molecule has 0 aromatic heterocycles. The maximum absolute atomic E-state index is 12.7. The first-order valence-corrected chi connectivity index (χ1v) is 4.86. The Balaban J connectivity index is 2.14. The van der Waals surface area contributed by atoms with Crippen molar-refractivity contribution in [2.75, 3.05) is 6.54 Å². The van der Waals surface area contributed by atoms with Gasteiger partial charge in [-0.05, 0) is 25.8 Å². The van der Waals surface area contributed by atoms with Crippen molar-refractivity contribution in [3.05, 3.63) is 12.7 Å². The molecule has 76 valence electrons. The van der Waals surface area contributed by atoms with Crippen molar-refractivity contribution in [3.63, 3.8) is 0 Å². The minimum atomic E-state index is -2.41. The van der Waals surface area contributed by atoms with Crippen LogP contribution < -0.4 is 5.32 Å². The van der Waals surface area contributed by atoms with Crippen molar-refractivity contribution in [1.29, 1.82) is 0 Å². The van der Waals surface area contributed by atoms with Gasteiger partial charge in [-0.25, -0.2) is 8.78 Å². The van der Waals surface area contributed by atoms with Crippen LogP contribution in [-0.4, -0.2) is 18.5 Å². The zero-order valence-corrected chi connectivity index (χ0v) is 7.86. The zero-order valence-electron chi connectivity index (χ0n) is 7.86. The summed E-state index contributed by atoms with van der Waals surface area (Å²) in [6, 6.07) is 0.291. The van der Waals surface area contributed by atoms with Crippen molar-refractivity contribution in [2.45, 2.75) is 44.1 Å². The van der Waals surface area contributed by atoms with Crippen molar-refractivity contribution in [3.8, 4) is 0 Å². The van der Waals surface area contributed by atoms with Gasteiger partial charge in [0.15, 0.2) is 0 Å². The summed E-state index contributed by atoms with van der Waals surface area (Å²) in [4.78, 5) is 0. The fourth-order valence-electron chi connectivity index (χ4n) is 1.63. The van der Waals surface area contributed by atoms with Gasteiger partial charge in [0.1, 0.15) is 0 Å². The van der Waals surface area contributed by atoms with Crippen LogP contribution in [0.4, 0.5) is 8.78 Å². The van der Waals surface area contributed by atoms with E-state index in [4.69, 9.17) is 0 Å². The topological polar surface area (TPSA) is 12.0 Å². The van der Waals surface area contributed by atoms with Crippen LogP contribution in [-0.2, 0) is 0 Å². The van der Waals surface area contributed by atoms with E-state index in [0.717, 1.165) is 13.0 Å². The van der Waals surface area contributed by atoms with Crippen LogP contribution in [0.25, 0.3) is 0 Å². The summed E-state index contributed by atoms with van der Waals surface area (Å²) < 4.78 is 25.4.